The predicted molar refractivity (Wildman–Crippen MR) is 122 cm³/mol. The molecule has 1 atom stereocenters. The molecule has 170 valence electrons. The molecule has 0 fully saturated rings. The number of rotatable bonds is 9. The first-order chi connectivity index (χ1) is 15.4. The van der Waals surface area contributed by atoms with Gasteiger partial charge < -0.3 is 23.6 Å². The Kier molecular flexibility index (Phi) is 7.63. The smallest absolute Gasteiger partial charge is 0.328 e. The minimum absolute atomic E-state index is 0.0381. The Bertz CT molecular complexity index is 1160. The van der Waals surface area contributed by atoms with E-state index in [2.05, 4.69) is 5.32 Å². The van der Waals surface area contributed by atoms with E-state index >= 15 is 0 Å². The Morgan fingerprint density at radius 2 is 1.84 bits per heavy atom. The van der Waals surface area contributed by atoms with Gasteiger partial charge in [-0.15, -0.1) is 0 Å². The third kappa shape index (κ3) is 5.16. The van der Waals surface area contributed by atoms with Crippen molar-refractivity contribution in [3.63, 3.8) is 0 Å². The van der Waals surface area contributed by atoms with Crippen LogP contribution in [-0.4, -0.2) is 44.1 Å². The van der Waals surface area contributed by atoms with E-state index in [-0.39, 0.29) is 23.0 Å². The van der Waals surface area contributed by atoms with Crippen LogP contribution in [0.1, 0.15) is 17.7 Å². The number of benzene rings is 1. The number of carbonyl (C=O) groups is 2. The van der Waals surface area contributed by atoms with Crippen molar-refractivity contribution >= 4 is 34.8 Å². The maximum Gasteiger partial charge on any atom is 0.328 e. The van der Waals surface area contributed by atoms with Crippen LogP contribution in [0.3, 0.4) is 0 Å². The zero-order chi connectivity index (χ0) is 23.3. The highest BCUT2D eigenvalue weighted by Gasteiger charge is 2.26. The molecule has 8 nitrogen and oxygen atoms in total. The van der Waals surface area contributed by atoms with Crippen molar-refractivity contribution in [3.05, 3.63) is 51.9 Å². The van der Waals surface area contributed by atoms with Gasteiger partial charge in [-0.2, -0.15) is 11.8 Å². The average Bonchev–Trinajstić information content (AvgIpc) is 3.14. The number of nitrogens with one attached hydrogen (secondary N) is 1. The fourth-order valence-electron chi connectivity index (χ4n) is 3.33. The van der Waals surface area contributed by atoms with E-state index in [1.165, 1.54) is 13.2 Å². The molecule has 3 aromatic rings. The van der Waals surface area contributed by atoms with Gasteiger partial charge in [0.1, 0.15) is 23.3 Å². The van der Waals surface area contributed by atoms with E-state index < -0.39 is 17.9 Å². The molecule has 0 bridgehead atoms. The highest BCUT2D eigenvalue weighted by atomic mass is 32.2. The monoisotopic (exact) mass is 459 g/mol. The molecule has 32 heavy (non-hydrogen) atoms. The van der Waals surface area contributed by atoms with Gasteiger partial charge in [-0.05, 0) is 49.6 Å². The molecule has 2 heterocycles. The lowest BCUT2D eigenvalue weighted by molar-refractivity contribution is -0.145. The topological polar surface area (TPSA) is 108 Å². The van der Waals surface area contributed by atoms with Crippen LogP contribution in [0.15, 0.2) is 44.0 Å². The van der Waals surface area contributed by atoms with Gasteiger partial charge in [-0.3, -0.25) is 9.59 Å². The maximum atomic E-state index is 12.9. The maximum absolute atomic E-state index is 12.9. The lowest BCUT2D eigenvalue weighted by Gasteiger charge is -2.16. The summed E-state index contributed by atoms with van der Waals surface area (Å²) in [5.41, 5.74) is 1.00. The first-order valence-corrected chi connectivity index (χ1v) is 11.3. The highest BCUT2D eigenvalue weighted by molar-refractivity contribution is 7.98. The summed E-state index contributed by atoms with van der Waals surface area (Å²) in [6.07, 6.45) is 2.21. The van der Waals surface area contributed by atoms with E-state index in [0.717, 1.165) is 0 Å². The lowest BCUT2D eigenvalue weighted by atomic mass is 10.0. The largest absolute Gasteiger partial charge is 0.497 e. The summed E-state index contributed by atoms with van der Waals surface area (Å²) in [6, 6.07) is 7.61. The normalized spacial score (nSPS) is 11.9. The zero-order valence-electron chi connectivity index (χ0n) is 18.4. The Labute approximate surface area is 189 Å². The molecular formula is C23H25NO7S. The second kappa shape index (κ2) is 10.4. The minimum Gasteiger partial charge on any atom is -0.497 e. The number of hydrogen-bond donors (Lipinski definition) is 1. The fraction of sp³-hybridized carbons (Fsp3) is 0.348. The second-order valence-electron chi connectivity index (χ2n) is 7.12. The first kappa shape index (κ1) is 23.5. The van der Waals surface area contributed by atoms with Crippen LogP contribution in [0, 0.1) is 6.92 Å². The molecule has 0 saturated carbocycles. The van der Waals surface area contributed by atoms with Gasteiger partial charge in [0.05, 0.1) is 26.2 Å². The van der Waals surface area contributed by atoms with Crippen LogP contribution < -0.4 is 15.5 Å². The number of esters is 1. The predicted octanol–water partition coefficient (Wildman–Crippen LogP) is 3.32. The molecule has 0 radical (unpaired) electrons. The van der Waals surface area contributed by atoms with Crippen LogP contribution in [0.25, 0.3) is 22.5 Å². The Balaban J connectivity index is 2.00. The minimum atomic E-state index is -0.767. The molecule has 2 aromatic heterocycles. The molecule has 0 aliphatic heterocycles. The van der Waals surface area contributed by atoms with Crippen molar-refractivity contribution in [1.82, 2.24) is 5.32 Å². The summed E-state index contributed by atoms with van der Waals surface area (Å²) in [5.74, 6) is 1.16. The third-order valence-electron chi connectivity index (χ3n) is 4.90. The molecule has 3 rings (SSSR count). The van der Waals surface area contributed by atoms with Gasteiger partial charge >= 0.3 is 5.97 Å². The summed E-state index contributed by atoms with van der Waals surface area (Å²) in [5, 5.41) is 2.72. The summed E-state index contributed by atoms with van der Waals surface area (Å²) in [4.78, 5) is 37.4. The van der Waals surface area contributed by atoms with Crippen molar-refractivity contribution in [2.75, 3.05) is 26.2 Å². The fourth-order valence-corrected chi connectivity index (χ4v) is 3.80. The molecule has 0 aliphatic carbocycles. The zero-order valence-corrected chi connectivity index (χ0v) is 19.2. The lowest BCUT2D eigenvalue weighted by Crippen LogP contribution is -2.42. The first-order valence-electron chi connectivity index (χ1n) is 9.94. The van der Waals surface area contributed by atoms with Crippen LogP contribution >= 0.6 is 11.8 Å². The number of fused-ring (bicyclic) bond motifs is 1. The van der Waals surface area contributed by atoms with Crippen molar-refractivity contribution in [2.24, 2.45) is 0 Å². The summed E-state index contributed by atoms with van der Waals surface area (Å²) >= 11 is 1.56. The van der Waals surface area contributed by atoms with Crippen LogP contribution in [0.2, 0.25) is 0 Å². The van der Waals surface area contributed by atoms with Crippen molar-refractivity contribution in [1.29, 1.82) is 0 Å². The van der Waals surface area contributed by atoms with Gasteiger partial charge in [-0.1, -0.05) is 0 Å². The molecule has 1 aromatic carbocycles. The third-order valence-corrected chi connectivity index (χ3v) is 5.54. The molecule has 9 heteroatoms. The van der Waals surface area contributed by atoms with E-state index in [1.807, 2.05) is 6.26 Å². The SMILES string of the molecule is COC(=O)[C@H](CCSC)NC(=O)Cc1c(-c2ccc(OC)cc2)oc2c(=O)cc(C)oc12. The second-order valence-corrected chi connectivity index (χ2v) is 8.10. The number of hydrogen-bond acceptors (Lipinski definition) is 8. The van der Waals surface area contributed by atoms with E-state index in [0.29, 0.717) is 40.6 Å². The summed E-state index contributed by atoms with van der Waals surface area (Å²) in [7, 11) is 2.84. The van der Waals surface area contributed by atoms with Crippen LogP contribution in [0.5, 0.6) is 5.75 Å². The molecule has 0 aliphatic rings. The highest BCUT2D eigenvalue weighted by Crippen LogP contribution is 2.34. The Morgan fingerprint density at radius 1 is 1.12 bits per heavy atom. The molecule has 0 unspecified atom stereocenters. The average molecular weight is 460 g/mol. The molecule has 1 N–H and O–H groups in total. The number of methoxy groups -OCH3 is 2. The molecular weight excluding hydrogens is 434 g/mol. The van der Waals surface area contributed by atoms with Crippen molar-refractivity contribution in [2.45, 2.75) is 25.8 Å². The van der Waals surface area contributed by atoms with Crippen LogP contribution in [0.4, 0.5) is 0 Å². The number of furan rings is 1. The van der Waals surface area contributed by atoms with E-state index in [9.17, 15) is 14.4 Å². The van der Waals surface area contributed by atoms with E-state index in [4.69, 9.17) is 18.3 Å². The van der Waals surface area contributed by atoms with Gasteiger partial charge in [0.2, 0.25) is 16.9 Å². The Morgan fingerprint density at radius 3 is 2.47 bits per heavy atom. The van der Waals surface area contributed by atoms with E-state index in [1.54, 1.807) is 50.1 Å². The molecule has 1 amide bonds. The standard InChI is InChI=1S/C23H25NO7S/c1-13-11-18(25)22-21(30-13)16(20(31-22)14-5-7-15(28-2)8-6-14)12-19(26)24-17(9-10-32-4)23(27)29-3/h5-8,11,17H,9-10,12H2,1-4H3,(H,24,26)/t17-/m0/s1. The summed E-state index contributed by atoms with van der Waals surface area (Å²) < 4.78 is 21.6. The number of amides is 1. The van der Waals surface area contributed by atoms with Crippen molar-refractivity contribution < 1.29 is 27.9 Å². The quantitative estimate of drug-likeness (QED) is 0.486. The van der Waals surface area contributed by atoms with Gasteiger partial charge in [-0.25, -0.2) is 4.79 Å². The number of aryl methyl sites for hydroxylation is 1. The number of ether oxygens (including phenoxy) is 2. The van der Waals surface area contributed by atoms with Gasteiger partial charge in [0, 0.05) is 11.6 Å². The molecule has 0 spiro atoms. The van der Waals surface area contributed by atoms with Gasteiger partial charge in [0.15, 0.2) is 5.58 Å². The van der Waals surface area contributed by atoms with Gasteiger partial charge in [0.25, 0.3) is 0 Å². The summed E-state index contributed by atoms with van der Waals surface area (Å²) in [6.45, 7) is 1.65. The van der Waals surface area contributed by atoms with Crippen molar-refractivity contribution in [3.8, 4) is 17.1 Å². The molecule has 0 saturated heterocycles. The Hall–Kier alpha value is -3.20. The number of carbonyl (C=O) groups excluding carboxylic acids is 2. The van der Waals surface area contributed by atoms with Crippen LogP contribution in [-0.2, 0) is 20.7 Å². The number of thioether (sulfide) groups is 1.